The number of amides is 1. The van der Waals surface area contributed by atoms with E-state index in [2.05, 4.69) is 10.2 Å². The second-order valence-corrected chi connectivity index (χ2v) is 6.61. The van der Waals surface area contributed by atoms with Crippen LogP contribution in [0.15, 0.2) is 34.2 Å². The molecule has 0 radical (unpaired) electrons. The molecule has 2 aromatic heterocycles. The van der Waals surface area contributed by atoms with Crippen molar-refractivity contribution in [2.75, 3.05) is 19.8 Å². The quantitative estimate of drug-likeness (QED) is 0.657. The van der Waals surface area contributed by atoms with Crippen molar-refractivity contribution in [3.8, 4) is 0 Å². The number of aryl methyl sites for hydroxylation is 1. The fraction of sp³-hybridized carbons (Fsp3) is 0.375. The van der Waals surface area contributed by atoms with Crippen LogP contribution < -0.4 is 5.56 Å². The topological polar surface area (TPSA) is 72.5 Å². The molecule has 2 heterocycles. The molecule has 0 aliphatic carbocycles. The molecular formula is C16H19N5O2S. The molecule has 0 aliphatic heterocycles. The van der Waals surface area contributed by atoms with E-state index in [0.717, 1.165) is 11.9 Å². The Morgan fingerprint density at radius 3 is 2.71 bits per heavy atom. The maximum absolute atomic E-state index is 12.7. The third-order valence-corrected chi connectivity index (χ3v) is 4.66. The van der Waals surface area contributed by atoms with Gasteiger partial charge in [-0.05, 0) is 18.6 Å². The predicted molar refractivity (Wildman–Crippen MR) is 94.5 cm³/mol. The molecule has 3 rings (SSSR count). The van der Waals surface area contributed by atoms with Gasteiger partial charge >= 0.3 is 0 Å². The minimum Gasteiger partial charge on any atom is -0.348 e. The van der Waals surface area contributed by atoms with Gasteiger partial charge in [-0.25, -0.2) is 0 Å². The van der Waals surface area contributed by atoms with Crippen LogP contribution in [0.5, 0.6) is 0 Å². The molecule has 0 saturated carbocycles. The first-order valence-electron chi connectivity index (χ1n) is 7.74. The lowest BCUT2D eigenvalue weighted by atomic mass is 10.2. The molecule has 0 aliphatic rings. The minimum absolute atomic E-state index is 0.00272. The van der Waals surface area contributed by atoms with Crippen LogP contribution in [-0.2, 0) is 11.3 Å². The lowest BCUT2D eigenvalue weighted by molar-refractivity contribution is -0.125. The lowest BCUT2D eigenvalue weighted by Gasteiger charge is -2.11. The number of hydrogen-bond acceptors (Lipinski definition) is 5. The van der Waals surface area contributed by atoms with Crippen LogP contribution in [0.25, 0.3) is 16.7 Å². The van der Waals surface area contributed by atoms with Crippen LogP contribution in [0.4, 0.5) is 0 Å². The van der Waals surface area contributed by atoms with Crippen LogP contribution in [0.2, 0.25) is 0 Å². The third kappa shape index (κ3) is 2.77. The van der Waals surface area contributed by atoms with Gasteiger partial charge in [-0.3, -0.25) is 18.6 Å². The van der Waals surface area contributed by atoms with Crippen molar-refractivity contribution in [1.82, 2.24) is 24.1 Å². The van der Waals surface area contributed by atoms with Crippen LogP contribution in [0.1, 0.15) is 13.3 Å². The maximum Gasteiger partial charge on any atom is 0.262 e. The van der Waals surface area contributed by atoms with Gasteiger partial charge < -0.3 is 4.90 Å². The second kappa shape index (κ2) is 6.64. The highest BCUT2D eigenvalue weighted by molar-refractivity contribution is 7.99. The highest BCUT2D eigenvalue weighted by Gasteiger charge is 2.17. The van der Waals surface area contributed by atoms with Gasteiger partial charge in [0, 0.05) is 20.6 Å². The zero-order valence-electron chi connectivity index (χ0n) is 13.9. The Bertz CT molecular complexity index is 960. The van der Waals surface area contributed by atoms with Gasteiger partial charge in [-0.2, -0.15) is 0 Å². The summed E-state index contributed by atoms with van der Waals surface area (Å²) in [7, 11) is 3.44. The average molecular weight is 345 g/mol. The van der Waals surface area contributed by atoms with Crippen molar-refractivity contribution in [2.24, 2.45) is 0 Å². The Morgan fingerprint density at radius 2 is 2.00 bits per heavy atom. The van der Waals surface area contributed by atoms with E-state index in [-0.39, 0.29) is 17.2 Å². The molecule has 8 heteroatoms. The first-order chi connectivity index (χ1) is 11.5. The Labute approximate surface area is 143 Å². The van der Waals surface area contributed by atoms with Crippen molar-refractivity contribution >= 4 is 34.3 Å². The molecule has 0 bridgehead atoms. The molecule has 1 amide bonds. The predicted octanol–water partition coefficient (Wildman–Crippen LogP) is 1.63. The number of aromatic nitrogens is 4. The van der Waals surface area contributed by atoms with E-state index in [9.17, 15) is 9.59 Å². The number of thioether (sulfide) groups is 1. The fourth-order valence-electron chi connectivity index (χ4n) is 2.51. The summed E-state index contributed by atoms with van der Waals surface area (Å²) in [5.74, 6) is 0.790. The van der Waals surface area contributed by atoms with Crippen LogP contribution in [-0.4, -0.2) is 49.8 Å². The van der Waals surface area contributed by atoms with Gasteiger partial charge in [0.1, 0.15) is 0 Å². The monoisotopic (exact) mass is 345 g/mol. The minimum atomic E-state index is -0.0618. The number of benzene rings is 1. The van der Waals surface area contributed by atoms with E-state index in [1.54, 1.807) is 23.6 Å². The molecule has 0 unspecified atom stereocenters. The first-order valence-corrected chi connectivity index (χ1v) is 8.72. The summed E-state index contributed by atoms with van der Waals surface area (Å²) in [5, 5.41) is 9.64. The van der Waals surface area contributed by atoms with Crippen molar-refractivity contribution in [3.05, 3.63) is 34.6 Å². The van der Waals surface area contributed by atoms with Crippen molar-refractivity contribution in [3.63, 3.8) is 0 Å². The highest BCUT2D eigenvalue weighted by atomic mass is 32.2. The van der Waals surface area contributed by atoms with E-state index >= 15 is 0 Å². The van der Waals surface area contributed by atoms with E-state index in [1.165, 1.54) is 11.8 Å². The zero-order valence-corrected chi connectivity index (χ0v) is 14.7. The van der Waals surface area contributed by atoms with Crippen molar-refractivity contribution < 1.29 is 4.79 Å². The molecule has 126 valence electrons. The number of nitrogens with zero attached hydrogens (tertiary/aromatic N) is 5. The summed E-state index contributed by atoms with van der Waals surface area (Å²) in [6.45, 7) is 2.59. The SMILES string of the molecule is CCCn1c(=O)c2ccccc2n2c(SCC(=O)N(C)C)nnc12. The fourth-order valence-corrected chi connectivity index (χ4v) is 3.43. The lowest BCUT2D eigenvalue weighted by Crippen LogP contribution is -2.24. The molecule has 7 nitrogen and oxygen atoms in total. The van der Waals surface area contributed by atoms with E-state index in [1.807, 2.05) is 35.6 Å². The normalized spacial score (nSPS) is 11.3. The summed E-state index contributed by atoms with van der Waals surface area (Å²) in [6, 6.07) is 7.41. The molecule has 3 aromatic rings. The van der Waals surface area contributed by atoms with Crippen LogP contribution >= 0.6 is 11.8 Å². The van der Waals surface area contributed by atoms with Gasteiger partial charge in [-0.1, -0.05) is 30.8 Å². The molecule has 0 atom stereocenters. The van der Waals surface area contributed by atoms with Crippen molar-refractivity contribution in [2.45, 2.75) is 25.0 Å². The molecule has 0 fully saturated rings. The summed E-state index contributed by atoms with van der Waals surface area (Å²) in [5.41, 5.74) is 0.697. The number of para-hydroxylation sites is 1. The van der Waals surface area contributed by atoms with Crippen molar-refractivity contribution in [1.29, 1.82) is 0 Å². The molecule has 0 spiro atoms. The molecule has 0 N–H and O–H groups in total. The van der Waals surface area contributed by atoms with E-state index < -0.39 is 0 Å². The van der Waals surface area contributed by atoms with Gasteiger partial charge in [-0.15, -0.1) is 10.2 Å². The molecule has 1 aromatic carbocycles. The smallest absolute Gasteiger partial charge is 0.262 e. The van der Waals surface area contributed by atoms with E-state index in [0.29, 0.717) is 22.9 Å². The number of fused-ring (bicyclic) bond motifs is 3. The average Bonchev–Trinajstić information content (AvgIpc) is 3.00. The number of rotatable bonds is 5. The Balaban J connectivity index is 2.19. The zero-order chi connectivity index (χ0) is 17.3. The van der Waals surface area contributed by atoms with Gasteiger partial charge in [0.05, 0.1) is 16.7 Å². The Hall–Kier alpha value is -2.35. The second-order valence-electron chi connectivity index (χ2n) is 5.67. The summed E-state index contributed by atoms with van der Waals surface area (Å²) >= 11 is 1.32. The van der Waals surface area contributed by atoms with E-state index in [4.69, 9.17) is 0 Å². The maximum atomic E-state index is 12.7. The highest BCUT2D eigenvalue weighted by Crippen LogP contribution is 2.21. The summed E-state index contributed by atoms with van der Waals surface area (Å²) in [4.78, 5) is 26.1. The first kappa shape index (κ1) is 16.5. The molecule has 24 heavy (non-hydrogen) atoms. The third-order valence-electron chi connectivity index (χ3n) is 3.75. The Kier molecular flexibility index (Phi) is 4.57. The van der Waals surface area contributed by atoms with Crippen LogP contribution in [0, 0.1) is 0 Å². The number of hydrogen-bond donors (Lipinski definition) is 0. The number of carbonyl (C=O) groups is 1. The molecule has 0 saturated heterocycles. The standard InChI is InChI=1S/C16H19N5O2S/c1-4-9-20-14(23)11-7-5-6-8-12(11)21-15(20)17-18-16(21)24-10-13(22)19(2)3/h5-8H,4,9-10H2,1-3H3. The molecular weight excluding hydrogens is 326 g/mol. The van der Waals surface area contributed by atoms with Gasteiger partial charge in [0.2, 0.25) is 11.7 Å². The van der Waals surface area contributed by atoms with Gasteiger partial charge in [0.25, 0.3) is 5.56 Å². The van der Waals surface area contributed by atoms with Gasteiger partial charge in [0.15, 0.2) is 5.16 Å². The summed E-state index contributed by atoms with van der Waals surface area (Å²) < 4.78 is 3.51. The largest absolute Gasteiger partial charge is 0.348 e. The Morgan fingerprint density at radius 1 is 1.25 bits per heavy atom. The van der Waals surface area contributed by atoms with Crippen LogP contribution in [0.3, 0.4) is 0 Å². The number of carbonyl (C=O) groups excluding carboxylic acids is 1. The summed E-state index contributed by atoms with van der Waals surface area (Å²) in [6.07, 6.45) is 0.822.